The molecule has 1 aromatic rings. The van der Waals surface area contributed by atoms with E-state index in [1.165, 1.54) is 18.4 Å². The third kappa shape index (κ3) is 3.52. The highest BCUT2D eigenvalue weighted by atomic mass is 32.1. The van der Waals surface area contributed by atoms with Gasteiger partial charge in [-0.15, -0.1) is 11.3 Å². The second-order valence-electron chi connectivity index (χ2n) is 7.92. The highest BCUT2D eigenvalue weighted by Crippen LogP contribution is 2.39. The molecule has 4 rings (SSSR count). The van der Waals surface area contributed by atoms with E-state index < -0.39 is 23.4 Å². The molecule has 0 aromatic carbocycles. The number of nitrogens with one attached hydrogen (secondary N) is 2. The van der Waals surface area contributed by atoms with E-state index >= 15 is 0 Å². The molecule has 1 aromatic heterocycles. The number of methoxy groups -OCH3 is 1. The number of nitrogens with zero attached hydrogens (tertiary/aromatic N) is 1. The van der Waals surface area contributed by atoms with Crippen molar-refractivity contribution in [2.75, 3.05) is 19.0 Å². The number of aryl methyl sites for hydroxylation is 1. The average Bonchev–Trinajstić information content (AvgIpc) is 3.25. The van der Waals surface area contributed by atoms with Crippen molar-refractivity contribution >= 4 is 40.2 Å². The van der Waals surface area contributed by atoms with E-state index in [0.717, 1.165) is 60.3 Å². The summed E-state index contributed by atoms with van der Waals surface area (Å²) < 4.78 is 4.88. The normalized spacial score (nSPS) is 20.4. The quantitative estimate of drug-likeness (QED) is 0.577. The van der Waals surface area contributed by atoms with Crippen LogP contribution >= 0.6 is 11.3 Å². The number of rotatable bonds is 4. The summed E-state index contributed by atoms with van der Waals surface area (Å²) in [5.74, 6) is -1.29. The number of anilines is 1. The number of hydrogen-bond acceptors (Lipinski definition) is 6. The minimum absolute atomic E-state index is 0.318. The van der Waals surface area contributed by atoms with Gasteiger partial charge in [-0.05, 0) is 37.7 Å². The molecule has 156 valence electrons. The summed E-state index contributed by atoms with van der Waals surface area (Å²) in [4.78, 5) is 52.4. The van der Waals surface area contributed by atoms with Crippen LogP contribution < -0.4 is 10.6 Å². The number of fused-ring (bicyclic) bond motifs is 1. The second kappa shape index (κ2) is 7.78. The lowest BCUT2D eigenvalue weighted by atomic mass is 9.90. The number of carbonyl (C=O) groups excluding carboxylic acids is 4. The van der Waals surface area contributed by atoms with Crippen molar-refractivity contribution in [3.05, 3.63) is 16.0 Å². The van der Waals surface area contributed by atoms with Crippen LogP contribution in [0.5, 0.6) is 0 Å². The van der Waals surface area contributed by atoms with Crippen molar-refractivity contribution in [2.45, 2.75) is 63.3 Å². The Balaban J connectivity index is 1.49. The summed E-state index contributed by atoms with van der Waals surface area (Å²) in [6, 6.07) is -0.520. The van der Waals surface area contributed by atoms with Gasteiger partial charge in [0.05, 0.1) is 12.7 Å². The first kappa shape index (κ1) is 19.9. The van der Waals surface area contributed by atoms with E-state index in [2.05, 4.69) is 10.6 Å². The number of imide groups is 1. The molecule has 0 radical (unpaired) electrons. The van der Waals surface area contributed by atoms with Crippen molar-refractivity contribution in [2.24, 2.45) is 0 Å². The van der Waals surface area contributed by atoms with Crippen molar-refractivity contribution < 1.29 is 23.9 Å². The summed E-state index contributed by atoms with van der Waals surface area (Å²) in [5.41, 5.74) is 0.468. The lowest BCUT2D eigenvalue weighted by Crippen LogP contribution is -2.47. The molecule has 2 N–H and O–H groups in total. The Labute approximate surface area is 173 Å². The molecule has 0 unspecified atom stereocenters. The Morgan fingerprint density at radius 2 is 1.86 bits per heavy atom. The molecule has 0 bridgehead atoms. The van der Waals surface area contributed by atoms with Crippen LogP contribution in [0.2, 0.25) is 0 Å². The zero-order valence-electron chi connectivity index (χ0n) is 16.5. The van der Waals surface area contributed by atoms with Crippen LogP contribution in [0, 0.1) is 0 Å². The zero-order valence-corrected chi connectivity index (χ0v) is 17.3. The molecule has 2 aliphatic carbocycles. The van der Waals surface area contributed by atoms with Crippen LogP contribution in [0.25, 0.3) is 0 Å². The monoisotopic (exact) mass is 419 g/mol. The highest BCUT2D eigenvalue weighted by Gasteiger charge is 2.51. The molecule has 0 atom stereocenters. The summed E-state index contributed by atoms with van der Waals surface area (Å²) in [5, 5.41) is 6.00. The van der Waals surface area contributed by atoms with E-state index in [9.17, 15) is 19.2 Å². The summed E-state index contributed by atoms with van der Waals surface area (Å²) >= 11 is 1.37. The van der Waals surface area contributed by atoms with Gasteiger partial charge in [-0.2, -0.15) is 0 Å². The Bertz CT molecular complexity index is 870. The summed E-state index contributed by atoms with van der Waals surface area (Å²) in [6.45, 7) is -0.365. The molecule has 2 heterocycles. The maximum atomic E-state index is 13.0. The molecule has 8 nitrogen and oxygen atoms in total. The Kier molecular flexibility index (Phi) is 5.33. The number of ether oxygens (including phenoxy) is 1. The number of urea groups is 1. The standard InChI is InChI=1S/C20H25N3O5S/c1-28-17(25)15-12-7-6-8-13(12)29-16(15)21-14(24)11-23-18(26)20(22-19(23)27)9-4-2-3-5-10-20/h2-11H2,1H3,(H,21,24)(H,22,27). The minimum Gasteiger partial charge on any atom is -0.465 e. The molecule has 1 aliphatic heterocycles. The average molecular weight is 420 g/mol. The third-order valence-electron chi connectivity index (χ3n) is 6.07. The zero-order chi connectivity index (χ0) is 20.6. The van der Waals surface area contributed by atoms with Gasteiger partial charge in [-0.1, -0.05) is 25.7 Å². The molecule has 29 heavy (non-hydrogen) atoms. The van der Waals surface area contributed by atoms with Crippen molar-refractivity contribution in [1.82, 2.24) is 10.2 Å². The van der Waals surface area contributed by atoms with Crippen LogP contribution in [-0.4, -0.2) is 47.9 Å². The maximum Gasteiger partial charge on any atom is 0.341 e. The lowest BCUT2D eigenvalue weighted by molar-refractivity contribution is -0.134. The third-order valence-corrected chi connectivity index (χ3v) is 7.28. The number of amides is 4. The molecule has 2 fully saturated rings. The smallest absolute Gasteiger partial charge is 0.341 e. The van der Waals surface area contributed by atoms with E-state index in [1.54, 1.807) is 0 Å². The van der Waals surface area contributed by atoms with E-state index in [1.807, 2.05) is 0 Å². The van der Waals surface area contributed by atoms with Crippen LogP contribution in [0.1, 0.15) is 65.7 Å². The first-order valence-corrected chi connectivity index (χ1v) is 10.9. The lowest BCUT2D eigenvalue weighted by Gasteiger charge is -2.24. The van der Waals surface area contributed by atoms with Gasteiger partial charge >= 0.3 is 12.0 Å². The van der Waals surface area contributed by atoms with Crippen LogP contribution in [0.3, 0.4) is 0 Å². The van der Waals surface area contributed by atoms with E-state index in [4.69, 9.17) is 4.74 Å². The van der Waals surface area contributed by atoms with E-state index in [-0.39, 0.29) is 12.5 Å². The predicted molar refractivity (Wildman–Crippen MR) is 107 cm³/mol. The molecule has 4 amide bonds. The summed E-state index contributed by atoms with van der Waals surface area (Å²) in [7, 11) is 1.31. The first-order valence-electron chi connectivity index (χ1n) is 10.1. The molecule has 9 heteroatoms. The fraction of sp³-hybridized carbons (Fsp3) is 0.600. The van der Waals surface area contributed by atoms with Gasteiger partial charge in [-0.25, -0.2) is 9.59 Å². The predicted octanol–water partition coefficient (Wildman–Crippen LogP) is 2.61. The molecule has 1 saturated heterocycles. The molecular formula is C20H25N3O5S. The van der Waals surface area contributed by atoms with Gasteiger partial charge < -0.3 is 15.4 Å². The summed E-state index contributed by atoms with van der Waals surface area (Å²) in [6.07, 6.45) is 7.71. The maximum absolute atomic E-state index is 13.0. The van der Waals surface area contributed by atoms with Gasteiger partial charge in [0.15, 0.2) is 0 Å². The SMILES string of the molecule is COC(=O)c1c(NC(=O)CN2C(=O)NC3(CCCCCC3)C2=O)sc2c1CCC2. The number of hydrogen-bond donors (Lipinski definition) is 2. The van der Waals surface area contributed by atoms with Gasteiger partial charge in [0, 0.05) is 4.88 Å². The van der Waals surface area contributed by atoms with Gasteiger partial charge in [0.25, 0.3) is 5.91 Å². The number of esters is 1. The van der Waals surface area contributed by atoms with Gasteiger partial charge in [0.1, 0.15) is 17.1 Å². The molecular weight excluding hydrogens is 394 g/mol. The minimum atomic E-state index is -0.866. The van der Waals surface area contributed by atoms with Crippen LogP contribution in [-0.2, 0) is 27.2 Å². The molecule has 3 aliphatic rings. The van der Waals surface area contributed by atoms with Gasteiger partial charge in [-0.3, -0.25) is 14.5 Å². The van der Waals surface area contributed by atoms with E-state index in [0.29, 0.717) is 23.4 Å². The van der Waals surface area contributed by atoms with Crippen LogP contribution in [0.4, 0.5) is 9.80 Å². The van der Waals surface area contributed by atoms with Gasteiger partial charge in [0.2, 0.25) is 5.91 Å². The number of carbonyl (C=O) groups is 4. The number of thiophene rings is 1. The molecule has 1 spiro atoms. The highest BCUT2D eigenvalue weighted by molar-refractivity contribution is 7.17. The van der Waals surface area contributed by atoms with Crippen molar-refractivity contribution in [1.29, 1.82) is 0 Å². The topological polar surface area (TPSA) is 105 Å². The van der Waals surface area contributed by atoms with Crippen molar-refractivity contribution in [3.8, 4) is 0 Å². The fourth-order valence-electron chi connectivity index (χ4n) is 4.61. The first-order chi connectivity index (χ1) is 13.9. The van der Waals surface area contributed by atoms with Crippen molar-refractivity contribution in [3.63, 3.8) is 0 Å². The van der Waals surface area contributed by atoms with Crippen LogP contribution in [0.15, 0.2) is 0 Å². The molecule has 1 saturated carbocycles. The second-order valence-corrected chi connectivity index (χ2v) is 9.02. The largest absolute Gasteiger partial charge is 0.465 e. The Morgan fingerprint density at radius 1 is 1.14 bits per heavy atom. The Morgan fingerprint density at radius 3 is 2.55 bits per heavy atom. The fourth-order valence-corrected chi connectivity index (χ4v) is 5.90. The Hall–Kier alpha value is -2.42.